The molecule has 1 aromatic heterocycles. The summed E-state index contributed by atoms with van der Waals surface area (Å²) in [6.07, 6.45) is 3.20. The lowest BCUT2D eigenvalue weighted by Crippen LogP contribution is -2.25. The quantitative estimate of drug-likeness (QED) is 0.512. The van der Waals surface area contributed by atoms with Crippen LogP contribution in [0, 0.1) is 0 Å². The van der Waals surface area contributed by atoms with Crippen LogP contribution in [0.25, 0.3) is 0 Å². The molecule has 0 aliphatic carbocycles. The van der Waals surface area contributed by atoms with Crippen LogP contribution in [0.4, 0.5) is 17.3 Å². The Kier molecular flexibility index (Phi) is 3.27. The summed E-state index contributed by atoms with van der Waals surface area (Å²) in [6.45, 7) is 0. The average Bonchev–Trinajstić information content (AvgIpc) is 2.67. The van der Waals surface area contributed by atoms with E-state index in [1.54, 1.807) is 17.8 Å². The number of imidazole rings is 1. The van der Waals surface area contributed by atoms with Crippen LogP contribution in [-0.4, -0.2) is 24.0 Å². The normalized spacial score (nSPS) is 11.1. The van der Waals surface area contributed by atoms with Gasteiger partial charge in [-0.15, -0.1) is 0 Å². The average molecular weight is 246 g/mol. The van der Waals surface area contributed by atoms with Crippen LogP contribution in [0.3, 0.4) is 0 Å². The van der Waals surface area contributed by atoms with E-state index in [2.05, 4.69) is 10.2 Å². The van der Waals surface area contributed by atoms with Gasteiger partial charge in [-0.05, 0) is 24.3 Å². The van der Waals surface area contributed by atoms with E-state index in [1.807, 2.05) is 43.3 Å². The molecule has 0 saturated heterocycles. The molecule has 0 atom stereocenters. The Labute approximate surface area is 105 Å². The highest BCUT2D eigenvalue weighted by Gasteiger charge is 2.12. The standard InChI is InChI=1S/C12H16N5O/c1-15(2)11-6-4-10(5-7-11)13-14-12-16(3)8-9-17(12)18/h4-9,18H,1-3H3/q+1. The second-order valence-electron chi connectivity index (χ2n) is 4.16. The van der Waals surface area contributed by atoms with Crippen LogP contribution in [0.2, 0.25) is 0 Å². The van der Waals surface area contributed by atoms with Crippen molar-refractivity contribution in [3.8, 4) is 0 Å². The van der Waals surface area contributed by atoms with Crippen molar-refractivity contribution < 1.29 is 9.77 Å². The van der Waals surface area contributed by atoms with Crippen molar-refractivity contribution in [1.29, 1.82) is 0 Å². The molecule has 0 radical (unpaired) electrons. The van der Waals surface area contributed by atoms with Gasteiger partial charge in [0.1, 0.15) is 18.1 Å². The predicted molar refractivity (Wildman–Crippen MR) is 67.7 cm³/mol. The van der Waals surface area contributed by atoms with Gasteiger partial charge >= 0.3 is 5.95 Å². The summed E-state index contributed by atoms with van der Waals surface area (Å²) >= 11 is 0. The number of nitrogens with zero attached hydrogens (tertiary/aromatic N) is 5. The molecular formula is C12H16N5O+. The maximum absolute atomic E-state index is 9.46. The van der Waals surface area contributed by atoms with Crippen LogP contribution in [0.5, 0.6) is 0 Å². The van der Waals surface area contributed by atoms with Gasteiger partial charge in [-0.1, -0.05) is 9.84 Å². The Morgan fingerprint density at radius 2 is 1.83 bits per heavy atom. The van der Waals surface area contributed by atoms with E-state index < -0.39 is 0 Å². The zero-order chi connectivity index (χ0) is 13.1. The molecule has 18 heavy (non-hydrogen) atoms. The molecule has 2 rings (SSSR count). The first-order valence-corrected chi connectivity index (χ1v) is 5.53. The van der Waals surface area contributed by atoms with Gasteiger partial charge < -0.3 is 10.1 Å². The number of anilines is 1. The Balaban J connectivity index is 2.19. The molecule has 0 bridgehead atoms. The maximum atomic E-state index is 9.46. The minimum atomic E-state index is 0.367. The largest absolute Gasteiger partial charge is 0.457 e. The first kappa shape index (κ1) is 12.1. The molecule has 1 heterocycles. The number of hydrogen-bond acceptors (Lipinski definition) is 4. The minimum Gasteiger partial charge on any atom is -0.378 e. The zero-order valence-electron chi connectivity index (χ0n) is 10.6. The third kappa shape index (κ3) is 2.48. The molecule has 0 unspecified atom stereocenters. The predicted octanol–water partition coefficient (Wildman–Crippen LogP) is 2.03. The highest BCUT2D eigenvalue weighted by Crippen LogP contribution is 2.19. The number of aryl methyl sites for hydroxylation is 1. The van der Waals surface area contributed by atoms with Gasteiger partial charge in [-0.2, -0.15) is 0 Å². The number of hydrogen-bond donors (Lipinski definition) is 1. The fourth-order valence-electron chi connectivity index (χ4n) is 1.49. The Morgan fingerprint density at radius 3 is 2.33 bits per heavy atom. The topological polar surface area (TPSA) is 57.0 Å². The van der Waals surface area contributed by atoms with E-state index in [9.17, 15) is 5.21 Å². The fraction of sp³-hybridized carbons (Fsp3) is 0.250. The van der Waals surface area contributed by atoms with Crippen LogP contribution < -0.4 is 9.47 Å². The molecule has 2 aromatic rings. The first-order valence-electron chi connectivity index (χ1n) is 5.53. The lowest BCUT2D eigenvalue weighted by Gasteiger charge is -2.11. The van der Waals surface area contributed by atoms with E-state index in [-0.39, 0.29) is 0 Å². The van der Waals surface area contributed by atoms with Crippen molar-refractivity contribution in [2.45, 2.75) is 0 Å². The molecule has 0 amide bonds. The summed E-state index contributed by atoms with van der Waals surface area (Å²) in [7, 11) is 5.75. The second-order valence-corrected chi connectivity index (χ2v) is 4.16. The molecule has 1 N–H and O–H groups in total. The number of benzene rings is 1. The third-order valence-electron chi connectivity index (χ3n) is 2.57. The maximum Gasteiger partial charge on any atom is 0.457 e. The summed E-state index contributed by atoms with van der Waals surface area (Å²) in [5.74, 6) is 0.367. The van der Waals surface area contributed by atoms with Crippen molar-refractivity contribution in [2.75, 3.05) is 19.0 Å². The van der Waals surface area contributed by atoms with Gasteiger partial charge in [0.15, 0.2) is 0 Å². The molecule has 0 spiro atoms. The van der Waals surface area contributed by atoms with Crippen LogP contribution in [0.1, 0.15) is 0 Å². The molecular weight excluding hydrogens is 230 g/mol. The van der Waals surface area contributed by atoms with Crippen molar-refractivity contribution in [3.05, 3.63) is 36.7 Å². The van der Waals surface area contributed by atoms with E-state index in [1.165, 1.54) is 6.20 Å². The third-order valence-corrected chi connectivity index (χ3v) is 2.57. The Bertz CT molecular complexity index is 537. The van der Waals surface area contributed by atoms with E-state index in [0.717, 1.165) is 16.1 Å². The highest BCUT2D eigenvalue weighted by atomic mass is 16.5. The number of aromatic nitrogens is 2. The Morgan fingerprint density at radius 1 is 1.17 bits per heavy atom. The van der Waals surface area contributed by atoms with Crippen molar-refractivity contribution >= 4 is 17.3 Å². The van der Waals surface area contributed by atoms with E-state index in [0.29, 0.717) is 5.95 Å². The second kappa shape index (κ2) is 4.87. The van der Waals surface area contributed by atoms with Crippen molar-refractivity contribution in [1.82, 2.24) is 4.73 Å². The summed E-state index contributed by atoms with van der Waals surface area (Å²) in [4.78, 5) is 2.01. The van der Waals surface area contributed by atoms with Crippen LogP contribution >= 0.6 is 0 Å². The molecule has 6 heteroatoms. The van der Waals surface area contributed by atoms with Gasteiger partial charge in [0.05, 0.1) is 7.05 Å². The molecule has 0 aliphatic rings. The van der Waals surface area contributed by atoms with Crippen molar-refractivity contribution in [3.63, 3.8) is 0 Å². The lowest BCUT2D eigenvalue weighted by atomic mass is 10.3. The molecule has 6 nitrogen and oxygen atoms in total. The molecule has 0 saturated carbocycles. The summed E-state index contributed by atoms with van der Waals surface area (Å²) in [5.41, 5.74) is 1.84. The van der Waals surface area contributed by atoms with Crippen molar-refractivity contribution in [2.24, 2.45) is 17.3 Å². The van der Waals surface area contributed by atoms with Gasteiger partial charge in [0, 0.05) is 24.9 Å². The molecule has 94 valence electrons. The van der Waals surface area contributed by atoms with E-state index >= 15 is 0 Å². The summed E-state index contributed by atoms with van der Waals surface area (Å²) in [6, 6.07) is 7.69. The summed E-state index contributed by atoms with van der Waals surface area (Å²) in [5, 5.41) is 17.5. The number of azo groups is 1. The number of rotatable bonds is 3. The molecule has 0 fully saturated rings. The van der Waals surface area contributed by atoms with Gasteiger partial charge in [0.2, 0.25) is 0 Å². The monoisotopic (exact) mass is 246 g/mol. The first-order chi connectivity index (χ1) is 8.58. The van der Waals surface area contributed by atoms with Gasteiger partial charge in [-0.3, -0.25) is 0 Å². The SMILES string of the molecule is CN(C)c1ccc(N=Nc2n(O)cc[n+]2C)cc1. The van der Waals surface area contributed by atoms with Gasteiger partial charge in [-0.25, -0.2) is 4.57 Å². The molecule has 0 aliphatic heterocycles. The summed E-state index contributed by atoms with van der Waals surface area (Å²) < 4.78 is 2.61. The zero-order valence-corrected chi connectivity index (χ0v) is 10.6. The highest BCUT2D eigenvalue weighted by molar-refractivity contribution is 5.51. The Hall–Kier alpha value is -2.37. The van der Waals surface area contributed by atoms with Gasteiger partial charge in [0.25, 0.3) is 0 Å². The minimum absolute atomic E-state index is 0.367. The lowest BCUT2D eigenvalue weighted by molar-refractivity contribution is -0.658. The van der Waals surface area contributed by atoms with E-state index in [4.69, 9.17) is 0 Å². The fourth-order valence-corrected chi connectivity index (χ4v) is 1.49. The smallest absolute Gasteiger partial charge is 0.378 e. The molecule has 1 aromatic carbocycles. The van der Waals surface area contributed by atoms with Crippen LogP contribution in [0.15, 0.2) is 46.9 Å². The van der Waals surface area contributed by atoms with Crippen LogP contribution in [-0.2, 0) is 7.05 Å².